The summed E-state index contributed by atoms with van der Waals surface area (Å²) in [4.78, 5) is 32.5. The van der Waals surface area contributed by atoms with Crippen LogP contribution in [0, 0.1) is 5.82 Å². The number of para-hydroxylation sites is 1. The summed E-state index contributed by atoms with van der Waals surface area (Å²) >= 11 is 6.50. The van der Waals surface area contributed by atoms with Gasteiger partial charge in [0.15, 0.2) is 11.6 Å². The number of ether oxygens (including phenoxy) is 2. The van der Waals surface area contributed by atoms with Crippen molar-refractivity contribution in [3.8, 4) is 11.6 Å². The fourth-order valence-electron chi connectivity index (χ4n) is 3.70. The Morgan fingerprint density at radius 3 is 2.85 bits per heavy atom. The van der Waals surface area contributed by atoms with Crippen molar-refractivity contribution < 1.29 is 18.7 Å². The lowest BCUT2D eigenvalue weighted by atomic mass is 10.2. The Kier molecular flexibility index (Phi) is 5.96. The Morgan fingerprint density at radius 2 is 2.06 bits per heavy atom. The predicted octanol–water partition coefficient (Wildman–Crippen LogP) is 4.01. The van der Waals surface area contributed by atoms with Gasteiger partial charge in [0.2, 0.25) is 5.88 Å². The van der Waals surface area contributed by atoms with Gasteiger partial charge in [-0.2, -0.15) is 4.98 Å². The van der Waals surface area contributed by atoms with Crippen LogP contribution in [0.25, 0.3) is 11.7 Å². The molecular weight excluding hydrogens is 465 g/mol. The highest BCUT2D eigenvalue weighted by atomic mass is 32.2. The molecule has 2 aliphatic rings. The molecule has 1 amide bonds. The molecule has 7 nitrogen and oxygen atoms in total. The van der Waals surface area contributed by atoms with Gasteiger partial charge in [0, 0.05) is 12.8 Å². The first-order valence-corrected chi connectivity index (χ1v) is 11.5. The van der Waals surface area contributed by atoms with E-state index in [1.54, 1.807) is 30.5 Å². The van der Waals surface area contributed by atoms with Crippen LogP contribution in [-0.4, -0.2) is 43.8 Å². The molecule has 0 radical (unpaired) electrons. The number of fused-ring (bicyclic) bond motifs is 1. The number of amides is 1. The number of pyridine rings is 1. The van der Waals surface area contributed by atoms with Crippen LogP contribution in [0.5, 0.6) is 11.6 Å². The number of hydrogen-bond donors (Lipinski definition) is 0. The summed E-state index contributed by atoms with van der Waals surface area (Å²) in [5.41, 5.74) is -0.0900. The van der Waals surface area contributed by atoms with Gasteiger partial charge in [0.1, 0.15) is 15.5 Å². The summed E-state index contributed by atoms with van der Waals surface area (Å²) in [5.74, 6) is -1.08. The van der Waals surface area contributed by atoms with Crippen molar-refractivity contribution in [2.75, 3.05) is 13.2 Å². The third-order valence-electron chi connectivity index (χ3n) is 5.34. The van der Waals surface area contributed by atoms with Crippen molar-refractivity contribution in [2.45, 2.75) is 18.9 Å². The molecule has 0 unspecified atom stereocenters. The second-order valence-corrected chi connectivity index (χ2v) is 9.20. The van der Waals surface area contributed by atoms with E-state index in [0.29, 0.717) is 23.1 Å². The molecule has 3 aromatic rings. The first-order chi connectivity index (χ1) is 16.0. The largest absolute Gasteiger partial charge is 0.435 e. The molecule has 33 heavy (non-hydrogen) atoms. The van der Waals surface area contributed by atoms with Gasteiger partial charge in [-0.25, -0.2) is 4.39 Å². The topological polar surface area (TPSA) is 73.1 Å². The Morgan fingerprint density at radius 1 is 1.24 bits per heavy atom. The van der Waals surface area contributed by atoms with E-state index < -0.39 is 11.4 Å². The van der Waals surface area contributed by atoms with Crippen LogP contribution in [0.4, 0.5) is 4.39 Å². The second-order valence-electron chi connectivity index (χ2n) is 7.52. The van der Waals surface area contributed by atoms with Crippen molar-refractivity contribution in [1.29, 1.82) is 0 Å². The first kappa shape index (κ1) is 21.7. The zero-order chi connectivity index (χ0) is 22.9. The van der Waals surface area contributed by atoms with Crippen LogP contribution < -0.4 is 10.3 Å². The molecule has 0 spiro atoms. The average molecular weight is 484 g/mol. The molecule has 1 atom stereocenters. The fourth-order valence-corrected chi connectivity index (χ4v) is 4.95. The number of thioether (sulfide) groups is 1. The summed E-state index contributed by atoms with van der Waals surface area (Å²) in [7, 11) is 0. The number of benzene rings is 1. The zero-order valence-corrected chi connectivity index (χ0v) is 18.9. The van der Waals surface area contributed by atoms with Gasteiger partial charge >= 0.3 is 0 Å². The van der Waals surface area contributed by atoms with Crippen LogP contribution in [0.1, 0.15) is 18.4 Å². The van der Waals surface area contributed by atoms with Crippen molar-refractivity contribution in [1.82, 2.24) is 14.3 Å². The van der Waals surface area contributed by atoms with E-state index in [-0.39, 0.29) is 34.1 Å². The molecule has 0 N–H and O–H groups in total. The zero-order valence-electron chi connectivity index (χ0n) is 17.3. The highest BCUT2D eigenvalue weighted by Crippen LogP contribution is 2.35. The van der Waals surface area contributed by atoms with Crippen LogP contribution in [0.2, 0.25) is 0 Å². The van der Waals surface area contributed by atoms with Crippen molar-refractivity contribution in [3.05, 3.63) is 75.3 Å². The van der Waals surface area contributed by atoms with E-state index in [1.807, 2.05) is 0 Å². The van der Waals surface area contributed by atoms with Crippen molar-refractivity contribution in [3.63, 3.8) is 0 Å². The van der Waals surface area contributed by atoms with Gasteiger partial charge < -0.3 is 9.47 Å². The van der Waals surface area contributed by atoms with Crippen LogP contribution in [-0.2, 0) is 9.53 Å². The highest BCUT2D eigenvalue weighted by Gasteiger charge is 2.35. The van der Waals surface area contributed by atoms with E-state index in [0.717, 1.165) is 24.6 Å². The van der Waals surface area contributed by atoms with E-state index >= 15 is 0 Å². The normalized spacial score (nSPS) is 19.7. The van der Waals surface area contributed by atoms with Crippen molar-refractivity contribution in [2.24, 2.45) is 0 Å². The Balaban J connectivity index is 1.56. The van der Waals surface area contributed by atoms with Gasteiger partial charge in [-0.15, -0.1) is 0 Å². The average Bonchev–Trinajstić information content (AvgIpc) is 3.42. The summed E-state index contributed by atoms with van der Waals surface area (Å²) in [5, 5.41) is 0. The first-order valence-electron chi connectivity index (χ1n) is 10.3. The minimum Gasteiger partial charge on any atom is -0.435 e. The molecule has 168 valence electrons. The van der Waals surface area contributed by atoms with E-state index in [9.17, 15) is 14.0 Å². The maximum absolute atomic E-state index is 14.2. The maximum atomic E-state index is 14.2. The van der Waals surface area contributed by atoms with Gasteiger partial charge in [-0.3, -0.25) is 18.9 Å². The number of carbonyl (C=O) groups is 1. The van der Waals surface area contributed by atoms with E-state index in [2.05, 4.69) is 4.98 Å². The van der Waals surface area contributed by atoms with Gasteiger partial charge in [0.05, 0.1) is 17.6 Å². The number of halogens is 1. The standard InChI is InChI=1S/C23H18FN3O4S2/c24-16-7-1-2-8-17(16)31-20-15(21(28)26-10-4-3-9-19(26)25-20)12-18-22(29)27(23(32)33-18)13-14-6-5-11-30-14/h1-4,7-10,12,14H,5-6,11,13H2/b18-12-/t14-/m0/s1. The molecule has 2 aromatic heterocycles. The fraction of sp³-hybridized carbons (Fsp3) is 0.217. The molecule has 0 saturated carbocycles. The summed E-state index contributed by atoms with van der Waals surface area (Å²) < 4.78 is 27.3. The smallest absolute Gasteiger partial charge is 0.269 e. The van der Waals surface area contributed by atoms with E-state index in [1.165, 1.54) is 33.6 Å². The lowest BCUT2D eigenvalue weighted by molar-refractivity contribution is -0.123. The number of rotatable bonds is 5. The number of carbonyl (C=O) groups excluding carboxylic acids is 1. The highest BCUT2D eigenvalue weighted by molar-refractivity contribution is 8.26. The third kappa shape index (κ3) is 4.29. The second kappa shape index (κ2) is 9.05. The van der Waals surface area contributed by atoms with Crippen LogP contribution in [0.3, 0.4) is 0 Å². The summed E-state index contributed by atoms with van der Waals surface area (Å²) in [6.45, 7) is 1.04. The van der Waals surface area contributed by atoms with Crippen molar-refractivity contribution >= 4 is 45.9 Å². The predicted molar refractivity (Wildman–Crippen MR) is 127 cm³/mol. The number of hydrogen-bond acceptors (Lipinski definition) is 7. The lowest BCUT2D eigenvalue weighted by Crippen LogP contribution is -2.35. The molecule has 10 heteroatoms. The molecule has 2 fully saturated rings. The number of thiocarbonyl (C=S) groups is 1. The quantitative estimate of drug-likeness (QED) is 0.401. The Bertz CT molecular complexity index is 1350. The third-order valence-corrected chi connectivity index (χ3v) is 6.71. The number of aromatic nitrogens is 2. The van der Waals surface area contributed by atoms with Gasteiger partial charge in [-0.1, -0.05) is 42.2 Å². The molecule has 4 heterocycles. The molecule has 2 aliphatic heterocycles. The molecule has 1 aromatic carbocycles. The molecule has 5 rings (SSSR count). The van der Waals surface area contributed by atoms with Crippen LogP contribution in [0.15, 0.2) is 58.4 Å². The molecule has 0 aliphatic carbocycles. The minimum atomic E-state index is -0.596. The molecule has 0 bridgehead atoms. The summed E-state index contributed by atoms with van der Waals surface area (Å²) in [6.07, 6.45) is 4.75. The lowest BCUT2D eigenvalue weighted by Gasteiger charge is -2.18. The Hall–Kier alpha value is -3.08. The van der Waals surface area contributed by atoms with Gasteiger partial charge in [-0.05, 0) is 43.2 Å². The van der Waals surface area contributed by atoms with Gasteiger partial charge in [0.25, 0.3) is 11.5 Å². The molecule has 2 saturated heterocycles. The monoisotopic (exact) mass is 483 g/mol. The molecular formula is C23H18FN3O4S2. The minimum absolute atomic E-state index is 0.0274. The maximum Gasteiger partial charge on any atom is 0.269 e. The van der Waals surface area contributed by atoms with Crippen LogP contribution >= 0.6 is 24.0 Å². The van der Waals surface area contributed by atoms with E-state index in [4.69, 9.17) is 21.7 Å². The Labute approximate surface area is 197 Å². The SMILES string of the molecule is O=C1/C(=C/c2c(Oc3ccccc3F)nc3ccccn3c2=O)SC(=S)N1C[C@@H]1CCCO1. The summed E-state index contributed by atoms with van der Waals surface area (Å²) in [6, 6.07) is 10.9. The number of nitrogens with zero attached hydrogens (tertiary/aromatic N) is 3.